The van der Waals surface area contributed by atoms with Gasteiger partial charge in [0.2, 0.25) is 0 Å². The number of pyridine rings is 1. The highest BCUT2D eigenvalue weighted by atomic mass is 19.3. The maximum Gasteiger partial charge on any atom is 0.280 e. The van der Waals surface area contributed by atoms with E-state index in [1.54, 1.807) is 0 Å². The number of para-hydroxylation sites is 1. The van der Waals surface area contributed by atoms with Crippen LogP contribution >= 0.6 is 0 Å². The highest BCUT2D eigenvalue weighted by molar-refractivity contribution is 5.91. The van der Waals surface area contributed by atoms with Gasteiger partial charge in [0.1, 0.15) is 17.3 Å². The Morgan fingerprint density at radius 3 is 2.43 bits per heavy atom. The molecule has 5 nitrogen and oxygen atoms in total. The number of halogens is 2. The summed E-state index contributed by atoms with van der Waals surface area (Å²) in [6.45, 7) is 3.09. The van der Waals surface area contributed by atoms with Crippen molar-refractivity contribution in [1.29, 1.82) is 0 Å². The molecule has 2 aliphatic rings. The van der Waals surface area contributed by atoms with Crippen molar-refractivity contribution in [3.8, 4) is 0 Å². The summed E-state index contributed by atoms with van der Waals surface area (Å²) in [5.41, 5.74) is 1.99. The Morgan fingerprint density at radius 1 is 0.929 bits per heavy atom. The molecule has 7 heteroatoms. The smallest absolute Gasteiger partial charge is 0.280 e. The first kappa shape index (κ1) is 17.3. The second-order valence-electron chi connectivity index (χ2n) is 7.41. The fourth-order valence-corrected chi connectivity index (χ4v) is 3.80. The van der Waals surface area contributed by atoms with Crippen LogP contribution in [0.1, 0.15) is 36.7 Å². The zero-order chi connectivity index (χ0) is 19.1. The maximum atomic E-state index is 13.3. The van der Waals surface area contributed by atoms with Gasteiger partial charge in [0, 0.05) is 55.4 Å². The van der Waals surface area contributed by atoms with Crippen LogP contribution in [0.3, 0.4) is 0 Å². The monoisotopic (exact) mass is 381 g/mol. The van der Waals surface area contributed by atoms with Gasteiger partial charge in [0.05, 0.1) is 5.52 Å². The van der Waals surface area contributed by atoms with Crippen molar-refractivity contribution in [2.24, 2.45) is 0 Å². The van der Waals surface area contributed by atoms with Crippen molar-refractivity contribution in [2.45, 2.75) is 25.2 Å². The fraction of sp³-hybridized carbons (Fsp3) is 0.381. The number of rotatable bonds is 4. The molecule has 3 aromatic rings. The Labute approximate surface area is 162 Å². The molecule has 0 amide bonds. The molecule has 1 aliphatic carbocycles. The van der Waals surface area contributed by atoms with Crippen LogP contribution in [0.4, 0.5) is 20.3 Å². The third-order valence-corrected chi connectivity index (χ3v) is 5.49. The van der Waals surface area contributed by atoms with Gasteiger partial charge in [-0.1, -0.05) is 18.2 Å². The summed E-state index contributed by atoms with van der Waals surface area (Å²) in [6.07, 6.45) is 1.26. The summed E-state index contributed by atoms with van der Waals surface area (Å²) in [7, 11) is 0. The van der Waals surface area contributed by atoms with Gasteiger partial charge in [0.25, 0.3) is 6.43 Å². The summed E-state index contributed by atoms with van der Waals surface area (Å²) < 4.78 is 26.6. The van der Waals surface area contributed by atoms with Crippen LogP contribution < -0.4 is 9.80 Å². The van der Waals surface area contributed by atoms with Gasteiger partial charge in [-0.3, -0.25) is 4.98 Å². The first-order valence-corrected chi connectivity index (χ1v) is 9.70. The fourth-order valence-electron chi connectivity index (χ4n) is 3.80. The van der Waals surface area contributed by atoms with Gasteiger partial charge in [-0.25, -0.2) is 18.7 Å². The Hall–Kier alpha value is -2.83. The highest BCUT2D eigenvalue weighted by Crippen LogP contribution is 2.39. The van der Waals surface area contributed by atoms with Gasteiger partial charge in [-0.15, -0.1) is 0 Å². The van der Waals surface area contributed by atoms with E-state index in [2.05, 4.69) is 30.8 Å². The van der Waals surface area contributed by atoms with Crippen molar-refractivity contribution in [1.82, 2.24) is 15.0 Å². The van der Waals surface area contributed by atoms with Crippen LogP contribution in [0, 0.1) is 0 Å². The Kier molecular flexibility index (Phi) is 4.30. The standard InChI is InChI=1S/C21H21F2N5/c22-20(23)17-13-19(26-21(25-17)14-5-6-14)28-11-9-27(10-12-28)18-7-8-24-16-4-2-1-3-15(16)18/h1-4,7-8,13-14,20H,5-6,9-12H2. The molecule has 0 unspecified atom stereocenters. The predicted molar refractivity (Wildman–Crippen MR) is 105 cm³/mol. The minimum absolute atomic E-state index is 0.158. The highest BCUT2D eigenvalue weighted by Gasteiger charge is 2.30. The molecule has 28 heavy (non-hydrogen) atoms. The van der Waals surface area contributed by atoms with Crippen LogP contribution in [0.5, 0.6) is 0 Å². The third-order valence-electron chi connectivity index (χ3n) is 5.49. The SMILES string of the molecule is FC(F)c1cc(N2CCN(c3ccnc4ccccc34)CC2)nc(C2CC2)n1. The van der Waals surface area contributed by atoms with Crippen molar-refractivity contribution >= 4 is 22.4 Å². The summed E-state index contributed by atoms with van der Waals surface area (Å²) in [5, 5.41) is 1.14. The topological polar surface area (TPSA) is 45.2 Å². The second-order valence-corrected chi connectivity index (χ2v) is 7.41. The number of alkyl halides is 2. The Bertz CT molecular complexity index is 972. The van der Waals surface area contributed by atoms with E-state index < -0.39 is 6.43 Å². The third kappa shape index (κ3) is 3.25. The van der Waals surface area contributed by atoms with Crippen molar-refractivity contribution in [2.75, 3.05) is 36.0 Å². The minimum Gasteiger partial charge on any atom is -0.367 e. The number of aromatic nitrogens is 3. The lowest BCUT2D eigenvalue weighted by Crippen LogP contribution is -2.47. The lowest BCUT2D eigenvalue weighted by Gasteiger charge is -2.37. The predicted octanol–water partition coefficient (Wildman–Crippen LogP) is 4.17. The molecule has 144 valence electrons. The molecule has 3 heterocycles. The number of nitrogens with zero attached hydrogens (tertiary/aromatic N) is 5. The molecule has 5 rings (SSSR count). The number of hydrogen-bond donors (Lipinski definition) is 0. The quantitative estimate of drug-likeness (QED) is 0.679. The molecule has 2 aromatic heterocycles. The molecule has 0 atom stereocenters. The largest absolute Gasteiger partial charge is 0.367 e. The van der Waals surface area contributed by atoms with Crippen molar-refractivity contribution < 1.29 is 8.78 Å². The Balaban J connectivity index is 1.37. The number of hydrogen-bond acceptors (Lipinski definition) is 5. The molecule has 0 radical (unpaired) electrons. The summed E-state index contributed by atoms with van der Waals surface area (Å²) in [6, 6.07) is 11.6. The zero-order valence-corrected chi connectivity index (χ0v) is 15.4. The summed E-state index contributed by atoms with van der Waals surface area (Å²) in [5.74, 6) is 1.46. The molecule has 1 saturated heterocycles. The number of fused-ring (bicyclic) bond motifs is 1. The molecular weight excluding hydrogens is 360 g/mol. The van der Waals surface area contributed by atoms with Crippen molar-refractivity contribution in [3.05, 3.63) is 54.1 Å². The van der Waals surface area contributed by atoms with Gasteiger partial charge in [-0.05, 0) is 25.0 Å². The molecule has 1 saturated carbocycles. The first-order chi connectivity index (χ1) is 13.7. The molecule has 0 N–H and O–H groups in total. The minimum atomic E-state index is -2.57. The van der Waals surface area contributed by atoms with E-state index in [0.29, 0.717) is 11.6 Å². The Morgan fingerprint density at radius 2 is 1.68 bits per heavy atom. The molecule has 2 fully saturated rings. The van der Waals surface area contributed by atoms with E-state index in [0.717, 1.165) is 49.9 Å². The average Bonchev–Trinajstić information content (AvgIpc) is 3.59. The number of anilines is 2. The summed E-state index contributed by atoms with van der Waals surface area (Å²) >= 11 is 0. The molecule has 1 aliphatic heterocycles. The van der Waals surface area contributed by atoms with E-state index in [1.807, 2.05) is 30.5 Å². The number of benzene rings is 1. The van der Waals surface area contributed by atoms with E-state index in [4.69, 9.17) is 0 Å². The van der Waals surface area contributed by atoms with Gasteiger partial charge in [0.15, 0.2) is 0 Å². The van der Waals surface area contributed by atoms with Crippen LogP contribution in [0.2, 0.25) is 0 Å². The van der Waals surface area contributed by atoms with Crippen LogP contribution in [-0.2, 0) is 0 Å². The van der Waals surface area contributed by atoms with E-state index in [1.165, 1.54) is 11.8 Å². The van der Waals surface area contributed by atoms with E-state index >= 15 is 0 Å². The van der Waals surface area contributed by atoms with Crippen molar-refractivity contribution in [3.63, 3.8) is 0 Å². The molecule has 1 aromatic carbocycles. The van der Waals surface area contributed by atoms with Crippen LogP contribution in [0.15, 0.2) is 42.6 Å². The van der Waals surface area contributed by atoms with Gasteiger partial charge < -0.3 is 9.80 Å². The van der Waals surface area contributed by atoms with Crippen LogP contribution in [-0.4, -0.2) is 41.1 Å². The van der Waals surface area contributed by atoms with Crippen LogP contribution in [0.25, 0.3) is 10.9 Å². The van der Waals surface area contributed by atoms with Gasteiger partial charge in [-0.2, -0.15) is 0 Å². The zero-order valence-electron chi connectivity index (χ0n) is 15.4. The average molecular weight is 381 g/mol. The molecule has 0 bridgehead atoms. The maximum absolute atomic E-state index is 13.3. The molecular formula is C21H21F2N5. The van der Waals surface area contributed by atoms with E-state index in [9.17, 15) is 8.78 Å². The first-order valence-electron chi connectivity index (χ1n) is 9.70. The summed E-state index contributed by atoms with van der Waals surface area (Å²) in [4.78, 5) is 17.5. The second kappa shape index (κ2) is 6.96. The lowest BCUT2D eigenvalue weighted by atomic mass is 10.1. The molecule has 0 spiro atoms. The van der Waals surface area contributed by atoms with E-state index in [-0.39, 0.29) is 11.6 Å². The van der Waals surface area contributed by atoms with Gasteiger partial charge >= 0.3 is 0 Å². The number of piperazine rings is 1. The lowest BCUT2D eigenvalue weighted by molar-refractivity contribution is 0.145. The normalized spacial score (nSPS) is 17.5.